The van der Waals surface area contributed by atoms with Crippen LogP contribution in [0.1, 0.15) is 41.7 Å². The second-order valence-corrected chi connectivity index (χ2v) is 8.55. The Kier molecular flexibility index (Phi) is 7.53. The van der Waals surface area contributed by atoms with Crippen LogP contribution in [0.4, 0.5) is 0 Å². The molecule has 0 radical (unpaired) electrons. The molecule has 0 aliphatic carbocycles. The van der Waals surface area contributed by atoms with Gasteiger partial charge in [0, 0.05) is 23.3 Å². The Balaban J connectivity index is 2.00. The fourth-order valence-corrected chi connectivity index (χ4v) is 4.18. The molecule has 0 aliphatic heterocycles. The normalized spacial score (nSPS) is 11.8. The van der Waals surface area contributed by atoms with Gasteiger partial charge in [-0.3, -0.25) is 0 Å². The van der Waals surface area contributed by atoms with Gasteiger partial charge in [-0.2, -0.15) is 0 Å². The minimum atomic E-state index is -0.929. The molecule has 2 heterocycles. The quantitative estimate of drug-likeness (QED) is 0.387. The molecule has 1 N–H and O–H groups in total. The molecule has 2 aromatic heterocycles. The van der Waals surface area contributed by atoms with Crippen molar-refractivity contribution in [2.75, 3.05) is 0 Å². The Labute approximate surface area is 184 Å². The van der Waals surface area contributed by atoms with Gasteiger partial charge < -0.3 is 9.67 Å². The van der Waals surface area contributed by atoms with Crippen molar-refractivity contribution in [2.45, 2.75) is 39.2 Å². The Morgan fingerprint density at radius 2 is 2.10 bits per heavy atom. The van der Waals surface area contributed by atoms with Gasteiger partial charge in [-0.25, -0.2) is 9.78 Å². The predicted octanol–water partition coefficient (Wildman–Crippen LogP) is 6.35. The number of rotatable bonds is 9. The third-order valence-electron chi connectivity index (χ3n) is 4.62. The number of aryl methyl sites for hydroxylation is 1. The third kappa shape index (κ3) is 5.50. The van der Waals surface area contributed by atoms with E-state index in [0.717, 1.165) is 41.2 Å². The highest BCUT2D eigenvalue weighted by Crippen LogP contribution is 2.27. The maximum Gasteiger partial charge on any atom is 0.332 e. The van der Waals surface area contributed by atoms with Crippen molar-refractivity contribution in [2.24, 2.45) is 0 Å². The van der Waals surface area contributed by atoms with Crippen LogP contribution in [0.3, 0.4) is 0 Å². The summed E-state index contributed by atoms with van der Waals surface area (Å²) in [4.78, 5) is 17.4. The highest BCUT2D eigenvalue weighted by atomic mass is 35.5. The molecule has 1 aromatic carbocycles. The van der Waals surface area contributed by atoms with E-state index in [1.807, 2.05) is 34.2 Å². The Morgan fingerprint density at radius 3 is 2.79 bits per heavy atom. The molecule has 0 atom stereocenters. The Bertz CT molecular complexity index is 1010. The largest absolute Gasteiger partial charge is 0.478 e. The molecule has 0 aliphatic rings. The van der Waals surface area contributed by atoms with Crippen molar-refractivity contribution in [3.63, 3.8) is 0 Å². The second-order valence-electron chi connectivity index (χ2n) is 6.73. The van der Waals surface area contributed by atoms with Crippen molar-refractivity contribution < 1.29 is 9.90 Å². The van der Waals surface area contributed by atoms with Gasteiger partial charge in [0.25, 0.3) is 0 Å². The van der Waals surface area contributed by atoms with Crippen LogP contribution >= 0.6 is 34.5 Å². The fraction of sp³-hybridized carbons (Fsp3) is 0.273. The number of hydrogen-bond acceptors (Lipinski definition) is 3. The van der Waals surface area contributed by atoms with Crippen LogP contribution in [0.5, 0.6) is 0 Å². The maximum atomic E-state index is 11.8. The number of aliphatic carboxylic acids is 1. The van der Waals surface area contributed by atoms with E-state index in [1.165, 1.54) is 0 Å². The Hall–Kier alpha value is -2.08. The number of hydrogen-bond donors (Lipinski definition) is 1. The van der Waals surface area contributed by atoms with Gasteiger partial charge >= 0.3 is 5.97 Å². The number of aromatic nitrogens is 2. The topological polar surface area (TPSA) is 55.1 Å². The summed E-state index contributed by atoms with van der Waals surface area (Å²) in [6, 6.07) is 9.41. The zero-order chi connectivity index (χ0) is 20.8. The molecule has 152 valence electrons. The van der Waals surface area contributed by atoms with Crippen LogP contribution < -0.4 is 0 Å². The van der Waals surface area contributed by atoms with E-state index in [-0.39, 0.29) is 0 Å². The van der Waals surface area contributed by atoms with Crippen molar-refractivity contribution in [1.82, 2.24) is 9.55 Å². The van der Waals surface area contributed by atoms with Crippen LogP contribution in [-0.4, -0.2) is 20.6 Å². The van der Waals surface area contributed by atoms with Crippen LogP contribution in [0, 0.1) is 0 Å². The number of thiophene rings is 1. The molecule has 0 saturated carbocycles. The number of nitrogens with zero attached hydrogens (tertiary/aromatic N) is 2. The van der Waals surface area contributed by atoms with E-state index < -0.39 is 5.97 Å². The summed E-state index contributed by atoms with van der Waals surface area (Å²) >= 11 is 14.1. The number of halogens is 2. The van der Waals surface area contributed by atoms with Crippen LogP contribution in [0.15, 0.2) is 47.5 Å². The average molecular weight is 449 g/mol. The summed E-state index contributed by atoms with van der Waals surface area (Å²) < 4.78 is 2.03. The minimum Gasteiger partial charge on any atom is -0.478 e. The highest BCUT2D eigenvalue weighted by Gasteiger charge is 2.15. The lowest BCUT2D eigenvalue weighted by Gasteiger charge is -2.13. The lowest BCUT2D eigenvalue weighted by molar-refractivity contribution is -0.132. The fourth-order valence-electron chi connectivity index (χ4n) is 3.07. The average Bonchev–Trinajstić information content (AvgIpc) is 3.34. The summed E-state index contributed by atoms with van der Waals surface area (Å²) in [5, 5.41) is 12.7. The standard InChI is InChI=1S/C22H22Cl2N2O2S/c1-2-3-9-20-25-13-17(11-16(22(27)28)12-18-7-5-10-29-18)26(20)14-15-6-4-8-19(23)21(15)24/h4-8,10-11,13H,2-3,9,12,14H2,1H3,(H,27,28)/b16-11+. The third-order valence-corrected chi connectivity index (χ3v) is 6.36. The molecule has 0 amide bonds. The van der Waals surface area contributed by atoms with Gasteiger partial charge in [0.05, 0.1) is 28.5 Å². The molecule has 7 heteroatoms. The van der Waals surface area contributed by atoms with E-state index in [9.17, 15) is 9.90 Å². The zero-order valence-electron chi connectivity index (χ0n) is 16.1. The maximum absolute atomic E-state index is 11.8. The van der Waals surface area contributed by atoms with Crippen molar-refractivity contribution >= 4 is 46.6 Å². The number of imidazole rings is 1. The van der Waals surface area contributed by atoms with E-state index in [1.54, 1.807) is 29.7 Å². The van der Waals surface area contributed by atoms with Crippen molar-refractivity contribution in [3.8, 4) is 0 Å². The molecule has 0 spiro atoms. The number of unbranched alkanes of at least 4 members (excludes halogenated alkanes) is 1. The number of carboxylic acid groups (broad SMARTS) is 1. The molecule has 0 bridgehead atoms. The molecule has 0 unspecified atom stereocenters. The first-order valence-corrected chi connectivity index (χ1v) is 11.1. The molecule has 0 fully saturated rings. The van der Waals surface area contributed by atoms with Gasteiger partial charge in [-0.1, -0.05) is 54.7 Å². The Morgan fingerprint density at radius 1 is 1.28 bits per heavy atom. The molecule has 0 saturated heterocycles. The molecule has 3 aromatic rings. The van der Waals surface area contributed by atoms with E-state index in [2.05, 4.69) is 11.9 Å². The summed E-state index contributed by atoms with van der Waals surface area (Å²) in [7, 11) is 0. The molecule has 4 nitrogen and oxygen atoms in total. The number of benzene rings is 1. The van der Waals surface area contributed by atoms with Gasteiger partial charge in [0.1, 0.15) is 5.82 Å². The van der Waals surface area contributed by atoms with Gasteiger partial charge in [-0.05, 0) is 35.6 Å². The molecule has 3 rings (SSSR count). The monoisotopic (exact) mass is 448 g/mol. The highest BCUT2D eigenvalue weighted by molar-refractivity contribution is 7.09. The summed E-state index contributed by atoms with van der Waals surface area (Å²) in [5.41, 5.74) is 1.95. The smallest absolute Gasteiger partial charge is 0.332 e. The number of carboxylic acids is 1. The summed E-state index contributed by atoms with van der Waals surface area (Å²) in [6.07, 6.45) is 6.69. The van der Waals surface area contributed by atoms with Crippen molar-refractivity contribution in [3.05, 3.63) is 79.5 Å². The lowest BCUT2D eigenvalue weighted by atomic mass is 10.1. The molecular formula is C22H22Cl2N2O2S. The summed E-state index contributed by atoms with van der Waals surface area (Å²) in [6.45, 7) is 2.61. The molecule has 29 heavy (non-hydrogen) atoms. The first kappa shape index (κ1) is 21.6. The molecular weight excluding hydrogens is 427 g/mol. The number of carbonyl (C=O) groups is 1. The first-order chi connectivity index (χ1) is 14.0. The van der Waals surface area contributed by atoms with Gasteiger partial charge in [0.15, 0.2) is 0 Å². The van der Waals surface area contributed by atoms with Crippen molar-refractivity contribution in [1.29, 1.82) is 0 Å². The SMILES string of the molecule is CCCCc1ncc(/C=C(\Cc2cccs2)C(=O)O)n1Cc1cccc(Cl)c1Cl. The lowest BCUT2D eigenvalue weighted by Crippen LogP contribution is -2.09. The van der Waals surface area contributed by atoms with Gasteiger partial charge in [-0.15, -0.1) is 11.3 Å². The van der Waals surface area contributed by atoms with E-state index in [0.29, 0.717) is 28.6 Å². The second kappa shape index (κ2) is 10.1. The zero-order valence-corrected chi connectivity index (χ0v) is 18.4. The summed E-state index contributed by atoms with van der Waals surface area (Å²) in [5.74, 6) is -0.0166. The van der Waals surface area contributed by atoms with E-state index in [4.69, 9.17) is 23.2 Å². The van der Waals surface area contributed by atoms with Crippen LogP contribution in [0.2, 0.25) is 10.0 Å². The predicted molar refractivity (Wildman–Crippen MR) is 120 cm³/mol. The van der Waals surface area contributed by atoms with Crippen LogP contribution in [-0.2, 0) is 24.2 Å². The van der Waals surface area contributed by atoms with E-state index >= 15 is 0 Å². The van der Waals surface area contributed by atoms with Crippen LogP contribution in [0.25, 0.3) is 6.08 Å². The first-order valence-electron chi connectivity index (χ1n) is 9.43. The minimum absolute atomic E-state index is 0.327. The van der Waals surface area contributed by atoms with Gasteiger partial charge in [0.2, 0.25) is 0 Å².